The predicted molar refractivity (Wildman–Crippen MR) is 107 cm³/mol. The third-order valence-corrected chi connectivity index (χ3v) is 7.30. The molecule has 0 heterocycles. The molecule has 0 spiro atoms. The van der Waals surface area contributed by atoms with Gasteiger partial charge in [-0.3, -0.25) is 4.79 Å². The molecule has 0 amide bonds. The summed E-state index contributed by atoms with van der Waals surface area (Å²) in [5.41, 5.74) is 6.61. The van der Waals surface area contributed by atoms with E-state index in [0.717, 1.165) is 18.8 Å². The summed E-state index contributed by atoms with van der Waals surface area (Å²) < 4.78 is 0. The maximum absolute atomic E-state index is 11.7. The van der Waals surface area contributed by atoms with E-state index in [-0.39, 0.29) is 17.0 Å². The molecule has 3 atom stereocenters. The van der Waals surface area contributed by atoms with Crippen molar-refractivity contribution in [2.75, 3.05) is 0 Å². The van der Waals surface area contributed by atoms with Crippen molar-refractivity contribution in [1.29, 1.82) is 0 Å². The second-order valence-electron chi connectivity index (χ2n) is 8.79. The van der Waals surface area contributed by atoms with Crippen LogP contribution in [0.1, 0.15) is 73.1 Å². The largest absolute Gasteiger partial charge is 0.300 e. The standard InChI is InChI=1S/C20H24O.C4H8O/c1-13-4-7-17-16-6-5-14-12-15(21)8-10-20(14,3)18(16)9-11-19(13,17)2;1-3-4(2)5/h7-8,10,12-13H,4-6,9,11H2,1-3H3;3H2,1-2H3. The molecule has 0 radical (unpaired) electrons. The van der Waals surface area contributed by atoms with Gasteiger partial charge in [0.25, 0.3) is 0 Å². The SMILES string of the molecule is CC1CC=C2C3=C(CCC21C)C1(C)C=CC(=O)C=C1CC3.CCC(C)=O. The van der Waals surface area contributed by atoms with Crippen LogP contribution < -0.4 is 0 Å². The molecule has 2 nitrogen and oxygen atoms in total. The Bertz CT molecular complexity index is 761. The number of hydrogen-bond donors (Lipinski definition) is 0. The fourth-order valence-corrected chi connectivity index (χ4v) is 5.07. The lowest BCUT2D eigenvalue weighted by atomic mass is 9.56. The minimum absolute atomic E-state index is 0.00942. The van der Waals surface area contributed by atoms with Crippen molar-refractivity contribution in [3.63, 3.8) is 0 Å². The lowest BCUT2D eigenvalue weighted by Gasteiger charge is -2.48. The Morgan fingerprint density at radius 2 is 1.92 bits per heavy atom. The number of allylic oxidation sites excluding steroid dienone is 8. The molecule has 0 N–H and O–H groups in total. The van der Waals surface area contributed by atoms with Crippen LogP contribution in [-0.4, -0.2) is 11.6 Å². The number of fused-ring (bicyclic) bond motifs is 4. The van der Waals surface area contributed by atoms with Crippen LogP contribution in [0.3, 0.4) is 0 Å². The molecular weight excluding hydrogens is 320 g/mol. The summed E-state index contributed by atoms with van der Waals surface area (Å²) in [6.45, 7) is 10.6. The van der Waals surface area contributed by atoms with E-state index in [4.69, 9.17) is 0 Å². The summed E-state index contributed by atoms with van der Waals surface area (Å²) >= 11 is 0. The van der Waals surface area contributed by atoms with Gasteiger partial charge in [0.15, 0.2) is 5.78 Å². The Morgan fingerprint density at radius 3 is 2.58 bits per heavy atom. The van der Waals surface area contributed by atoms with E-state index in [1.807, 2.05) is 13.0 Å². The Labute approximate surface area is 158 Å². The second kappa shape index (κ2) is 6.79. The summed E-state index contributed by atoms with van der Waals surface area (Å²) in [6.07, 6.45) is 14.9. The van der Waals surface area contributed by atoms with E-state index in [9.17, 15) is 9.59 Å². The summed E-state index contributed by atoms with van der Waals surface area (Å²) in [7, 11) is 0. The van der Waals surface area contributed by atoms with Crippen LogP contribution in [-0.2, 0) is 9.59 Å². The van der Waals surface area contributed by atoms with E-state index in [1.165, 1.54) is 24.8 Å². The molecule has 140 valence electrons. The number of carbonyl (C=O) groups is 2. The molecule has 26 heavy (non-hydrogen) atoms. The van der Waals surface area contributed by atoms with Crippen molar-refractivity contribution in [2.24, 2.45) is 16.7 Å². The number of hydrogen-bond acceptors (Lipinski definition) is 2. The van der Waals surface area contributed by atoms with Crippen LogP contribution >= 0.6 is 0 Å². The topological polar surface area (TPSA) is 34.1 Å². The van der Waals surface area contributed by atoms with Gasteiger partial charge in [0.1, 0.15) is 5.78 Å². The van der Waals surface area contributed by atoms with Crippen molar-refractivity contribution >= 4 is 11.6 Å². The average Bonchev–Trinajstić information content (AvgIpc) is 2.91. The average molecular weight is 353 g/mol. The lowest BCUT2D eigenvalue weighted by molar-refractivity contribution is -0.116. The van der Waals surface area contributed by atoms with Gasteiger partial charge in [-0.2, -0.15) is 0 Å². The predicted octanol–water partition coefficient (Wildman–Crippen LogP) is 5.90. The van der Waals surface area contributed by atoms with Gasteiger partial charge >= 0.3 is 0 Å². The van der Waals surface area contributed by atoms with E-state index in [0.29, 0.717) is 11.8 Å². The van der Waals surface area contributed by atoms with Gasteiger partial charge in [0, 0.05) is 11.8 Å². The zero-order valence-corrected chi connectivity index (χ0v) is 16.9. The van der Waals surface area contributed by atoms with Crippen LogP contribution in [0.25, 0.3) is 0 Å². The summed E-state index contributed by atoms with van der Waals surface area (Å²) in [5, 5.41) is 0. The van der Waals surface area contributed by atoms with Gasteiger partial charge in [-0.15, -0.1) is 0 Å². The van der Waals surface area contributed by atoms with Crippen molar-refractivity contribution < 1.29 is 9.59 Å². The fraction of sp³-hybridized carbons (Fsp3) is 0.583. The third-order valence-electron chi connectivity index (χ3n) is 7.30. The smallest absolute Gasteiger partial charge is 0.178 e. The molecule has 4 aliphatic carbocycles. The highest BCUT2D eigenvalue weighted by Gasteiger charge is 2.48. The molecule has 0 bridgehead atoms. The lowest BCUT2D eigenvalue weighted by Crippen LogP contribution is -2.36. The van der Waals surface area contributed by atoms with Crippen LogP contribution in [0, 0.1) is 16.7 Å². The Hall–Kier alpha value is -1.70. The fourth-order valence-electron chi connectivity index (χ4n) is 5.07. The Morgan fingerprint density at radius 1 is 1.23 bits per heavy atom. The molecule has 3 unspecified atom stereocenters. The number of carbonyl (C=O) groups excluding carboxylic acids is 2. The zero-order valence-electron chi connectivity index (χ0n) is 16.9. The zero-order chi connectivity index (χ0) is 19.1. The molecule has 0 saturated carbocycles. The van der Waals surface area contributed by atoms with Gasteiger partial charge in [-0.1, -0.05) is 44.1 Å². The van der Waals surface area contributed by atoms with Gasteiger partial charge in [0.2, 0.25) is 0 Å². The monoisotopic (exact) mass is 352 g/mol. The van der Waals surface area contributed by atoms with Crippen LogP contribution in [0.5, 0.6) is 0 Å². The highest BCUT2D eigenvalue weighted by Crippen LogP contribution is 2.61. The van der Waals surface area contributed by atoms with Crippen molar-refractivity contribution in [3.8, 4) is 0 Å². The van der Waals surface area contributed by atoms with Crippen molar-refractivity contribution in [2.45, 2.75) is 73.1 Å². The minimum atomic E-state index is 0.00942. The summed E-state index contributed by atoms with van der Waals surface area (Å²) in [5.74, 6) is 1.20. The quantitative estimate of drug-likeness (QED) is 0.589. The van der Waals surface area contributed by atoms with Gasteiger partial charge in [0.05, 0.1) is 0 Å². The van der Waals surface area contributed by atoms with E-state index in [1.54, 1.807) is 29.7 Å². The molecule has 0 saturated heterocycles. The molecule has 4 aliphatic rings. The van der Waals surface area contributed by atoms with Crippen LogP contribution in [0.15, 0.2) is 46.6 Å². The highest BCUT2D eigenvalue weighted by atomic mass is 16.1. The second-order valence-corrected chi connectivity index (χ2v) is 8.79. The number of rotatable bonds is 1. The van der Waals surface area contributed by atoms with Gasteiger partial charge < -0.3 is 4.79 Å². The molecule has 0 aromatic rings. The molecule has 0 aromatic heterocycles. The maximum atomic E-state index is 11.7. The number of ketones is 2. The number of Topliss-reactive ketones (excluding diaryl/α,β-unsaturated/α-hetero) is 1. The Balaban J connectivity index is 0.000000349. The summed E-state index contributed by atoms with van der Waals surface area (Å²) in [4.78, 5) is 21.5. The minimum Gasteiger partial charge on any atom is -0.300 e. The van der Waals surface area contributed by atoms with Crippen LogP contribution in [0.2, 0.25) is 0 Å². The first-order chi connectivity index (χ1) is 12.2. The van der Waals surface area contributed by atoms with E-state index in [2.05, 4.69) is 32.9 Å². The van der Waals surface area contributed by atoms with Crippen LogP contribution in [0.4, 0.5) is 0 Å². The molecule has 0 aromatic carbocycles. The molecule has 0 aliphatic heterocycles. The van der Waals surface area contributed by atoms with Gasteiger partial charge in [-0.25, -0.2) is 0 Å². The first-order valence-corrected chi connectivity index (χ1v) is 10.1. The Kier molecular flexibility index (Phi) is 4.98. The van der Waals surface area contributed by atoms with Gasteiger partial charge in [-0.05, 0) is 80.6 Å². The van der Waals surface area contributed by atoms with Crippen molar-refractivity contribution in [3.05, 3.63) is 46.6 Å². The summed E-state index contributed by atoms with van der Waals surface area (Å²) in [6, 6.07) is 0. The molecular formula is C24H32O2. The van der Waals surface area contributed by atoms with Crippen molar-refractivity contribution in [1.82, 2.24) is 0 Å². The molecule has 4 rings (SSSR count). The molecule has 0 fully saturated rings. The van der Waals surface area contributed by atoms with E-state index >= 15 is 0 Å². The highest BCUT2D eigenvalue weighted by molar-refractivity contribution is 6.01. The molecule has 2 heteroatoms. The van der Waals surface area contributed by atoms with E-state index < -0.39 is 0 Å². The third kappa shape index (κ3) is 2.98. The first kappa shape index (κ1) is 19.1. The first-order valence-electron chi connectivity index (χ1n) is 10.1. The normalized spacial score (nSPS) is 34.8. The maximum Gasteiger partial charge on any atom is 0.178 e.